The molecule has 1 aliphatic rings. The summed E-state index contributed by atoms with van der Waals surface area (Å²) in [5.74, 6) is 0. The fourth-order valence-electron chi connectivity index (χ4n) is 1.76. The van der Waals surface area contributed by atoms with Crippen molar-refractivity contribution in [3.8, 4) is 0 Å². The molecule has 1 aliphatic heterocycles. The first-order valence-electron chi connectivity index (χ1n) is 4.74. The molecule has 1 rings (SSSR count). The SMILES string of the molecule is CCC1CCCC(C(O)OC)N1. The highest BCUT2D eigenvalue weighted by atomic mass is 16.6. The summed E-state index contributed by atoms with van der Waals surface area (Å²) in [5, 5.41) is 12.8. The van der Waals surface area contributed by atoms with E-state index in [1.54, 1.807) is 7.11 Å². The zero-order valence-electron chi connectivity index (χ0n) is 7.92. The van der Waals surface area contributed by atoms with Crippen LogP contribution in [-0.4, -0.2) is 30.6 Å². The summed E-state index contributed by atoms with van der Waals surface area (Å²) in [4.78, 5) is 0. The lowest BCUT2D eigenvalue weighted by atomic mass is 9.97. The Bertz CT molecular complexity index is 128. The van der Waals surface area contributed by atoms with Crippen molar-refractivity contribution in [2.75, 3.05) is 7.11 Å². The predicted octanol–water partition coefficient (Wildman–Crippen LogP) is 0.872. The van der Waals surface area contributed by atoms with E-state index in [4.69, 9.17) is 4.74 Å². The number of methoxy groups -OCH3 is 1. The highest BCUT2D eigenvalue weighted by Gasteiger charge is 2.25. The van der Waals surface area contributed by atoms with Crippen LogP contribution in [0.3, 0.4) is 0 Å². The molecular formula is C9H19NO2. The first-order chi connectivity index (χ1) is 5.77. The molecule has 3 atom stereocenters. The Hall–Kier alpha value is -0.120. The van der Waals surface area contributed by atoms with Crippen LogP contribution in [0.4, 0.5) is 0 Å². The standard InChI is InChI=1S/C9H19NO2/c1-3-7-5-4-6-8(10-7)9(11)12-2/h7-11H,3-6H2,1-2H3. The van der Waals surface area contributed by atoms with E-state index in [1.807, 2.05) is 0 Å². The number of nitrogens with one attached hydrogen (secondary N) is 1. The molecule has 0 spiro atoms. The van der Waals surface area contributed by atoms with Crippen LogP contribution in [0.25, 0.3) is 0 Å². The molecule has 0 radical (unpaired) electrons. The fourth-order valence-corrected chi connectivity index (χ4v) is 1.76. The Labute approximate surface area is 74.1 Å². The van der Waals surface area contributed by atoms with Gasteiger partial charge in [0.2, 0.25) is 0 Å². The molecule has 72 valence electrons. The van der Waals surface area contributed by atoms with Crippen molar-refractivity contribution in [2.45, 2.75) is 51.0 Å². The molecule has 0 saturated carbocycles. The van der Waals surface area contributed by atoms with Gasteiger partial charge in [-0.05, 0) is 19.3 Å². The van der Waals surface area contributed by atoms with E-state index in [9.17, 15) is 5.11 Å². The zero-order chi connectivity index (χ0) is 8.97. The average molecular weight is 173 g/mol. The third kappa shape index (κ3) is 2.44. The van der Waals surface area contributed by atoms with Gasteiger partial charge in [-0.1, -0.05) is 13.3 Å². The lowest BCUT2D eigenvalue weighted by Crippen LogP contribution is -2.48. The molecule has 1 saturated heterocycles. The fraction of sp³-hybridized carbons (Fsp3) is 1.00. The number of hydrogen-bond acceptors (Lipinski definition) is 3. The van der Waals surface area contributed by atoms with Crippen LogP contribution in [-0.2, 0) is 4.74 Å². The maximum Gasteiger partial charge on any atom is 0.169 e. The van der Waals surface area contributed by atoms with Crippen LogP contribution in [0.1, 0.15) is 32.6 Å². The molecular weight excluding hydrogens is 154 g/mol. The van der Waals surface area contributed by atoms with Crippen molar-refractivity contribution in [1.29, 1.82) is 0 Å². The monoisotopic (exact) mass is 173 g/mol. The van der Waals surface area contributed by atoms with Gasteiger partial charge in [0, 0.05) is 13.2 Å². The molecule has 0 aromatic rings. The van der Waals surface area contributed by atoms with E-state index in [0.29, 0.717) is 6.04 Å². The second-order valence-electron chi connectivity index (χ2n) is 3.44. The van der Waals surface area contributed by atoms with Crippen molar-refractivity contribution in [2.24, 2.45) is 0 Å². The second kappa shape index (κ2) is 4.80. The molecule has 1 fully saturated rings. The van der Waals surface area contributed by atoms with Crippen LogP contribution in [0.5, 0.6) is 0 Å². The molecule has 3 nitrogen and oxygen atoms in total. The minimum absolute atomic E-state index is 0.133. The van der Waals surface area contributed by atoms with Gasteiger partial charge in [0.25, 0.3) is 0 Å². The van der Waals surface area contributed by atoms with Crippen LogP contribution in [0.2, 0.25) is 0 Å². The summed E-state index contributed by atoms with van der Waals surface area (Å²) >= 11 is 0. The van der Waals surface area contributed by atoms with Crippen molar-refractivity contribution in [3.63, 3.8) is 0 Å². The first-order valence-corrected chi connectivity index (χ1v) is 4.74. The lowest BCUT2D eigenvalue weighted by Gasteiger charge is -2.32. The van der Waals surface area contributed by atoms with Crippen molar-refractivity contribution in [1.82, 2.24) is 5.32 Å². The lowest BCUT2D eigenvalue weighted by molar-refractivity contribution is -0.104. The van der Waals surface area contributed by atoms with Crippen molar-refractivity contribution >= 4 is 0 Å². The van der Waals surface area contributed by atoms with E-state index >= 15 is 0 Å². The Morgan fingerprint density at radius 2 is 2.33 bits per heavy atom. The van der Waals surface area contributed by atoms with E-state index in [0.717, 1.165) is 12.8 Å². The van der Waals surface area contributed by atoms with Gasteiger partial charge >= 0.3 is 0 Å². The summed E-state index contributed by atoms with van der Waals surface area (Å²) in [7, 11) is 1.54. The molecule has 0 bridgehead atoms. The smallest absolute Gasteiger partial charge is 0.169 e. The van der Waals surface area contributed by atoms with Gasteiger partial charge in [-0.2, -0.15) is 0 Å². The maximum absolute atomic E-state index is 9.41. The number of rotatable bonds is 3. The molecule has 3 heteroatoms. The van der Waals surface area contributed by atoms with Crippen LogP contribution < -0.4 is 5.32 Å². The van der Waals surface area contributed by atoms with Gasteiger partial charge in [-0.3, -0.25) is 0 Å². The minimum atomic E-state index is -0.639. The van der Waals surface area contributed by atoms with Gasteiger partial charge in [0.05, 0.1) is 6.04 Å². The summed E-state index contributed by atoms with van der Waals surface area (Å²) in [6, 6.07) is 0.697. The van der Waals surface area contributed by atoms with E-state index < -0.39 is 6.29 Å². The molecule has 1 heterocycles. The summed E-state index contributed by atoms with van der Waals surface area (Å²) in [6.45, 7) is 2.17. The number of piperidine rings is 1. The van der Waals surface area contributed by atoms with E-state index in [-0.39, 0.29) is 6.04 Å². The third-order valence-electron chi connectivity index (χ3n) is 2.60. The average Bonchev–Trinajstić information content (AvgIpc) is 2.17. The Balaban J connectivity index is 2.34. The normalized spacial score (nSPS) is 33.2. The van der Waals surface area contributed by atoms with Crippen LogP contribution >= 0.6 is 0 Å². The van der Waals surface area contributed by atoms with Crippen molar-refractivity contribution in [3.05, 3.63) is 0 Å². The number of aliphatic hydroxyl groups is 1. The van der Waals surface area contributed by atoms with Gasteiger partial charge in [0.1, 0.15) is 0 Å². The first kappa shape index (κ1) is 9.96. The molecule has 0 aliphatic carbocycles. The largest absolute Gasteiger partial charge is 0.367 e. The summed E-state index contributed by atoms with van der Waals surface area (Å²) in [5.41, 5.74) is 0. The second-order valence-corrected chi connectivity index (χ2v) is 3.44. The number of ether oxygens (including phenoxy) is 1. The van der Waals surface area contributed by atoms with E-state index in [2.05, 4.69) is 12.2 Å². The highest BCUT2D eigenvalue weighted by molar-refractivity contribution is 4.81. The van der Waals surface area contributed by atoms with Gasteiger partial charge in [-0.25, -0.2) is 0 Å². The summed E-state index contributed by atoms with van der Waals surface area (Å²) < 4.78 is 4.88. The number of hydrogen-bond donors (Lipinski definition) is 2. The van der Waals surface area contributed by atoms with Crippen molar-refractivity contribution < 1.29 is 9.84 Å². The third-order valence-corrected chi connectivity index (χ3v) is 2.60. The highest BCUT2D eigenvalue weighted by Crippen LogP contribution is 2.17. The van der Waals surface area contributed by atoms with Gasteiger partial charge in [-0.15, -0.1) is 0 Å². The molecule has 2 N–H and O–H groups in total. The maximum atomic E-state index is 9.41. The Morgan fingerprint density at radius 3 is 2.92 bits per heavy atom. The number of aliphatic hydroxyl groups excluding tert-OH is 1. The zero-order valence-corrected chi connectivity index (χ0v) is 7.92. The molecule has 3 unspecified atom stereocenters. The molecule has 0 aromatic carbocycles. The molecule has 12 heavy (non-hydrogen) atoms. The minimum Gasteiger partial charge on any atom is -0.367 e. The van der Waals surface area contributed by atoms with Crippen LogP contribution in [0, 0.1) is 0 Å². The van der Waals surface area contributed by atoms with Gasteiger partial charge in [0.15, 0.2) is 6.29 Å². The van der Waals surface area contributed by atoms with Gasteiger partial charge < -0.3 is 15.2 Å². The molecule has 0 amide bonds. The summed E-state index contributed by atoms with van der Waals surface area (Å²) in [6.07, 6.45) is 3.93. The quantitative estimate of drug-likeness (QED) is 0.622. The van der Waals surface area contributed by atoms with Crippen LogP contribution in [0.15, 0.2) is 0 Å². The Kier molecular flexibility index (Phi) is 3.98. The molecule has 0 aromatic heterocycles. The predicted molar refractivity (Wildman–Crippen MR) is 47.9 cm³/mol. The topological polar surface area (TPSA) is 41.5 Å². The van der Waals surface area contributed by atoms with E-state index in [1.165, 1.54) is 12.8 Å². The Morgan fingerprint density at radius 1 is 1.58 bits per heavy atom.